The van der Waals surface area contributed by atoms with E-state index in [9.17, 15) is 0 Å². The standard InChI is InChI=1S/C11H20Si/c1-6-7-8-9-12(10(2)3)11(4)5/h6-7,10-12H,1-5H3. The van der Waals surface area contributed by atoms with Crippen molar-refractivity contribution in [2.45, 2.75) is 45.7 Å². The van der Waals surface area contributed by atoms with Crippen molar-refractivity contribution in [2.75, 3.05) is 0 Å². The average molecular weight is 180 g/mol. The molecule has 0 aliphatic heterocycles. The molecule has 1 heteroatoms. The first kappa shape index (κ1) is 11.5. The highest BCUT2D eigenvalue weighted by molar-refractivity contribution is 6.70. The van der Waals surface area contributed by atoms with E-state index >= 15 is 0 Å². The van der Waals surface area contributed by atoms with Crippen molar-refractivity contribution >= 4 is 8.80 Å². The lowest BCUT2D eigenvalue weighted by molar-refractivity contribution is 0.954. The highest BCUT2D eigenvalue weighted by atomic mass is 28.3. The summed E-state index contributed by atoms with van der Waals surface area (Å²) in [7, 11) is -0.824. The molecule has 0 fully saturated rings. The van der Waals surface area contributed by atoms with E-state index in [2.05, 4.69) is 39.2 Å². The number of hydrogen-bond acceptors (Lipinski definition) is 0. The normalized spacial score (nSPS) is 11.3. The van der Waals surface area contributed by atoms with Gasteiger partial charge in [0.05, 0.1) is 0 Å². The largest absolute Gasteiger partial charge is 0.130 e. The topological polar surface area (TPSA) is 0 Å². The minimum absolute atomic E-state index is 0.794. The number of rotatable bonds is 2. The van der Waals surface area contributed by atoms with Gasteiger partial charge in [0, 0.05) is 0 Å². The summed E-state index contributed by atoms with van der Waals surface area (Å²) >= 11 is 0. The summed E-state index contributed by atoms with van der Waals surface area (Å²) in [5.41, 5.74) is 5.01. The van der Waals surface area contributed by atoms with E-state index < -0.39 is 8.80 Å². The minimum Gasteiger partial charge on any atom is -0.130 e. The summed E-state index contributed by atoms with van der Waals surface area (Å²) in [5.74, 6) is 3.13. The highest BCUT2D eigenvalue weighted by Gasteiger charge is 2.16. The average Bonchev–Trinajstić information content (AvgIpc) is 1.96. The van der Waals surface area contributed by atoms with Crippen LogP contribution >= 0.6 is 0 Å². The molecule has 0 saturated heterocycles. The van der Waals surface area contributed by atoms with Crippen molar-refractivity contribution in [3.63, 3.8) is 0 Å². The lowest BCUT2D eigenvalue weighted by Gasteiger charge is -2.15. The Bertz CT molecular complexity index is 183. The predicted octanol–water partition coefficient (Wildman–Crippen LogP) is 3.15. The lowest BCUT2D eigenvalue weighted by atomic mass is 10.5. The molecule has 0 amide bonds. The first-order chi connectivity index (χ1) is 5.59. The van der Waals surface area contributed by atoms with Gasteiger partial charge < -0.3 is 0 Å². The van der Waals surface area contributed by atoms with Crippen LogP contribution < -0.4 is 0 Å². The summed E-state index contributed by atoms with van der Waals surface area (Å²) in [6.07, 6.45) is 3.95. The van der Waals surface area contributed by atoms with Crippen LogP contribution in [-0.2, 0) is 0 Å². The van der Waals surface area contributed by atoms with Crippen LogP contribution in [0.2, 0.25) is 11.1 Å². The Morgan fingerprint density at radius 1 is 1.08 bits per heavy atom. The molecule has 0 aliphatic carbocycles. The Labute approximate surface area is 78.7 Å². The molecule has 0 spiro atoms. The Morgan fingerprint density at radius 2 is 1.58 bits per heavy atom. The fraction of sp³-hybridized carbons (Fsp3) is 0.636. The van der Waals surface area contributed by atoms with E-state index in [-0.39, 0.29) is 0 Å². The monoisotopic (exact) mass is 180 g/mol. The van der Waals surface area contributed by atoms with Crippen molar-refractivity contribution in [1.29, 1.82) is 0 Å². The molecule has 12 heavy (non-hydrogen) atoms. The second-order valence-corrected chi connectivity index (χ2v) is 7.81. The maximum absolute atomic E-state index is 3.42. The van der Waals surface area contributed by atoms with Crippen molar-refractivity contribution in [1.82, 2.24) is 0 Å². The van der Waals surface area contributed by atoms with Gasteiger partial charge in [-0.05, 0) is 24.1 Å². The second-order valence-electron chi connectivity index (χ2n) is 3.80. The van der Waals surface area contributed by atoms with Crippen molar-refractivity contribution < 1.29 is 0 Å². The summed E-state index contributed by atoms with van der Waals surface area (Å²) in [6.45, 7) is 11.2. The first-order valence-corrected chi connectivity index (χ1v) is 6.62. The SMILES string of the molecule is CC=CC#C[SiH](C(C)C)C(C)C. The zero-order chi connectivity index (χ0) is 9.56. The third-order valence-electron chi connectivity index (χ3n) is 1.94. The molecule has 0 radical (unpaired) electrons. The van der Waals surface area contributed by atoms with Crippen LogP contribution in [0.4, 0.5) is 0 Å². The molecule has 0 nitrogen and oxygen atoms in total. The van der Waals surface area contributed by atoms with Gasteiger partial charge in [-0.15, -0.1) is 5.54 Å². The molecule has 68 valence electrons. The summed E-state index contributed by atoms with van der Waals surface area (Å²) in [5, 5.41) is 0. The van der Waals surface area contributed by atoms with Gasteiger partial charge >= 0.3 is 0 Å². The van der Waals surface area contributed by atoms with E-state index in [0.717, 1.165) is 11.1 Å². The Balaban J connectivity index is 4.26. The summed E-state index contributed by atoms with van der Waals surface area (Å²) in [4.78, 5) is 0. The Hall–Kier alpha value is -0.483. The fourth-order valence-corrected chi connectivity index (χ4v) is 3.83. The van der Waals surface area contributed by atoms with Gasteiger partial charge in [-0.2, -0.15) is 0 Å². The smallest absolute Gasteiger partial charge is 0.128 e. The Morgan fingerprint density at radius 3 is 1.92 bits per heavy atom. The maximum atomic E-state index is 3.42. The van der Waals surface area contributed by atoms with E-state index in [0.29, 0.717) is 0 Å². The second kappa shape index (κ2) is 6.08. The van der Waals surface area contributed by atoms with Crippen LogP contribution in [0.5, 0.6) is 0 Å². The van der Waals surface area contributed by atoms with E-state index in [1.165, 1.54) is 0 Å². The van der Waals surface area contributed by atoms with E-state index in [1.807, 2.05) is 19.1 Å². The minimum atomic E-state index is -0.824. The molecule has 0 aliphatic rings. The van der Waals surface area contributed by atoms with Gasteiger partial charge in [0.25, 0.3) is 0 Å². The van der Waals surface area contributed by atoms with E-state index in [1.54, 1.807) is 0 Å². The third-order valence-corrected chi connectivity index (χ3v) is 5.31. The molecule has 0 aromatic rings. The van der Waals surface area contributed by atoms with Gasteiger partial charge in [-0.3, -0.25) is 0 Å². The highest BCUT2D eigenvalue weighted by Crippen LogP contribution is 2.18. The maximum Gasteiger partial charge on any atom is 0.128 e. The zero-order valence-electron chi connectivity index (χ0n) is 8.89. The first-order valence-electron chi connectivity index (χ1n) is 4.71. The van der Waals surface area contributed by atoms with Crippen LogP contribution in [0, 0.1) is 11.5 Å². The molecular formula is C11H20Si. The predicted molar refractivity (Wildman–Crippen MR) is 59.9 cm³/mol. The van der Waals surface area contributed by atoms with Crippen LogP contribution in [-0.4, -0.2) is 8.80 Å². The van der Waals surface area contributed by atoms with Crippen molar-refractivity contribution in [3.05, 3.63) is 12.2 Å². The molecule has 0 rings (SSSR count). The molecule has 0 aromatic carbocycles. The van der Waals surface area contributed by atoms with Gasteiger partial charge in [0.1, 0.15) is 8.80 Å². The zero-order valence-corrected chi connectivity index (χ0v) is 10.0. The molecule has 0 atom stereocenters. The van der Waals surface area contributed by atoms with Gasteiger partial charge in [-0.25, -0.2) is 0 Å². The molecular weight excluding hydrogens is 160 g/mol. The van der Waals surface area contributed by atoms with Crippen molar-refractivity contribution in [2.24, 2.45) is 0 Å². The van der Waals surface area contributed by atoms with Crippen molar-refractivity contribution in [3.8, 4) is 11.5 Å². The van der Waals surface area contributed by atoms with Crippen LogP contribution in [0.15, 0.2) is 12.2 Å². The summed E-state index contributed by atoms with van der Waals surface area (Å²) < 4.78 is 0. The van der Waals surface area contributed by atoms with Crippen LogP contribution in [0.3, 0.4) is 0 Å². The van der Waals surface area contributed by atoms with Gasteiger partial charge in [0.2, 0.25) is 0 Å². The fourth-order valence-electron chi connectivity index (χ4n) is 1.33. The lowest BCUT2D eigenvalue weighted by Crippen LogP contribution is -2.18. The van der Waals surface area contributed by atoms with Gasteiger partial charge in [-0.1, -0.05) is 39.7 Å². The quantitative estimate of drug-likeness (QED) is 0.452. The molecule has 0 saturated carbocycles. The molecule has 0 heterocycles. The Kier molecular flexibility index (Phi) is 5.83. The summed E-state index contributed by atoms with van der Waals surface area (Å²) in [6, 6.07) is 0. The van der Waals surface area contributed by atoms with E-state index in [4.69, 9.17) is 0 Å². The molecule has 0 bridgehead atoms. The third kappa shape index (κ3) is 4.41. The number of allylic oxidation sites excluding steroid dienone is 2. The molecule has 0 unspecified atom stereocenters. The van der Waals surface area contributed by atoms with Crippen LogP contribution in [0.1, 0.15) is 34.6 Å². The number of hydrogen-bond donors (Lipinski definition) is 0. The van der Waals surface area contributed by atoms with Crippen LogP contribution in [0.25, 0.3) is 0 Å². The molecule has 0 N–H and O–H groups in total. The van der Waals surface area contributed by atoms with Gasteiger partial charge in [0.15, 0.2) is 0 Å². The molecule has 0 aromatic heterocycles.